The fourth-order valence-electron chi connectivity index (χ4n) is 2.31. The number of halogens is 1. The molecule has 1 atom stereocenters. The van der Waals surface area contributed by atoms with Crippen LogP contribution >= 0.6 is 0 Å². The topological polar surface area (TPSA) is 55.4 Å². The van der Waals surface area contributed by atoms with Crippen molar-refractivity contribution >= 4 is 11.9 Å². The number of hydrogen-bond donors (Lipinski definition) is 1. The number of aryl methyl sites for hydroxylation is 1. The Bertz CT molecular complexity index is 713. The van der Waals surface area contributed by atoms with Crippen molar-refractivity contribution in [2.75, 3.05) is 6.61 Å². The Kier molecular flexibility index (Phi) is 6.07. The lowest BCUT2D eigenvalue weighted by Gasteiger charge is -2.19. The molecule has 0 saturated carbocycles. The largest absolute Gasteiger partial charge is 0.466 e. The van der Waals surface area contributed by atoms with Gasteiger partial charge in [0.1, 0.15) is 5.82 Å². The van der Waals surface area contributed by atoms with Crippen LogP contribution in [0, 0.1) is 12.7 Å². The van der Waals surface area contributed by atoms with E-state index in [4.69, 9.17) is 4.74 Å². The second-order valence-electron chi connectivity index (χ2n) is 5.46. The van der Waals surface area contributed by atoms with Crippen LogP contribution in [0.1, 0.15) is 40.9 Å². The molecule has 2 rings (SSSR count). The molecule has 0 radical (unpaired) electrons. The van der Waals surface area contributed by atoms with E-state index in [1.807, 2.05) is 31.2 Å². The van der Waals surface area contributed by atoms with Gasteiger partial charge in [-0.05, 0) is 37.6 Å². The summed E-state index contributed by atoms with van der Waals surface area (Å²) < 4.78 is 18.3. The molecule has 126 valence electrons. The van der Waals surface area contributed by atoms with Crippen molar-refractivity contribution in [2.24, 2.45) is 0 Å². The Labute approximate surface area is 140 Å². The summed E-state index contributed by atoms with van der Waals surface area (Å²) in [7, 11) is 0. The summed E-state index contributed by atoms with van der Waals surface area (Å²) in [5.41, 5.74) is 2.07. The zero-order chi connectivity index (χ0) is 17.5. The van der Waals surface area contributed by atoms with Crippen molar-refractivity contribution in [2.45, 2.75) is 26.3 Å². The van der Waals surface area contributed by atoms with Crippen LogP contribution in [0.4, 0.5) is 4.39 Å². The summed E-state index contributed by atoms with van der Waals surface area (Å²) in [6.07, 6.45) is 0.0119. The second-order valence-corrected chi connectivity index (χ2v) is 5.46. The number of hydrogen-bond acceptors (Lipinski definition) is 3. The van der Waals surface area contributed by atoms with E-state index in [2.05, 4.69) is 5.32 Å². The van der Waals surface area contributed by atoms with E-state index in [1.54, 1.807) is 6.92 Å². The molecule has 0 bridgehead atoms. The highest BCUT2D eigenvalue weighted by Gasteiger charge is 2.20. The Hall–Kier alpha value is -2.69. The highest BCUT2D eigenvalue weighted by Crippen LogP contribution is 2.19. The first kappa shape index (κ1) is 17.7. The molecule has 5 heteroatoms. The van der Waals surface area contributed by atoms with E-state index in [9.17, 15) is 14.0 Å². The Morgan fingerprint density at radius 3 is 2.50 bits per heavy atom. The SMILES string of the molecule is CCOC(=O)CC(NC(=O)c1cccc(F)c1)c1ccc(C)cc1. The van der Waals surface area contributed by atoms with Crippen molar-refractivity contribution in [1.82, 2.24) is 5.32 Å². The molecule has 0 heterocycles. The van der Waals surface area contributed by atoms with Gasteiger partial charge in [-0.15, -0.1) is 0 Å². The number of carbonyl (C=O) groups is 2. The van der Waals surface area contributed by atoms with E-state index in [1.165, 1.54) is 18.2 Å². The molecule has 1 N–H and O–H groups in total. The summed E-state index contributed by atoms with van der Waals surface area (Å²) >= 11 is 0. The van der Waals surface area contributed by atoms with Crippen molar-refractivity contribution < 1.29 is 18.7 Å². The summed E-state index contributed by atoms with van der Waals surface area (Å²) in [6.45, 7) is 3.96. The highest BCUT2D eigenvalue weighted by atomic mass is 19.1. The smallest absolute Gasteiger partial charge is 0.308 e. The quantitative estimate of drug-likeness (QED) is 0.825. The lowest BCUT2D eigenvalue weighted by molar-refractivity contribution is -0.143. The van der Waals surface area contributed by atoms with Gasteiger partial charge < -0.3 is 10.1 Å². The summed E-state index contributed by atoms with van der Waals surface area (Å²) in [6, 6.07) is 12.4. The lowest BCUT2D eigenvalue weighted by atomic mass is 10.0. The molecule has 0 aliphatic carbocycles. The van der Waals surface area contributed by atoms with E-state index in [0.717, 1.165) is 17.2 Å². The first-order chi connectivity index (χ1) is 11.5. The number of esters is 1. The first-order valence-corrected chi connectivity index (χ1v) is 7.78. The predicted molar refractivity (Wildman–Crippen MR) is 89.0 cm³/mol. The molecule has 0 saturated heterocycles. The third kappa shape index (κ3) is 4.91. The maximum atomic E-state index is 13.3. The zero-order valence-corrected chi connectivity index (χ0v) is 13.7. The Morgan fingerprint density at radius 1 is 1.17 bits per heavy atom. The van der Waals surface area contributed by atoms with Gasteiger partial charge in [0.25, 0.3) is 5.91 Å². The average molecular weight is 329 g/mol. The van der Waals surface area contributed by atoms with Crippen LogP contribution in [0.2, 0.25) is 0 Å². The second kappa shape index (κ2) is 8.24. The average Bonchev–Trinajstić information content (AvgIpc) is 2.55. The number of rotatable bonds is 6. The van der Waals surface area contributed by atoms with Crippen LogP contribution < -0.4 is 5.32 Å². The molecule has 0 aromatic heterocycles. The van der Waals surface area contributed by atoms with Gasteiger partial charge in [0.15, 0.2) is 0 Å². The summed E-state index contributed by atoms with van der Waals surface area (Å²) in [5, 5.41) is 2.78. The van der Waals surface area contributed by atoms with Crippen molar-refractivity contribution in [3.05, 3.63) is 71.0 Å². The van der Waals surface area contributed by atoms with Gasteiger partial charge >= 0.3 is 5.97 Å². The molecule has 4 nitrogen and oxygen atoms in total. The molecule has 0 fully saturated rings. The molecule has 2 aromatic rings. The van der Waals surface area contributed by atoms with Crippen molar-refractivity contribution in [3.8, 4) is 0 Å². The molecule has 0 aliphatic heterocycles. The Morgan fingerprint density at radius 2 is 1.88 bits per heavy atom. The lowest BCUT2D eigenvalue weighted by Crippen LogP contribution is -2.30. The van der Waals surface area contributed by atoms with Gasteiger partial charge in [0.05, 0.1) is 19.1 Å². The van der Waals surface area contributed by atoms with Gasteiger partial charge in [0, 0.05) is 5.56 Å². The zero-order valence-electron chi connectivity index (χ0n) is 13.7. The van der Waals surface area contributed by atoms with Crippen LogP contribution in [0.25, 0.3) is 0 Å². The number of carbonyl (C=O) groups excluding carboxylic acids is 2. The molecule has 1 unspecified atom stereocenters. The number of amides is 1. The highest BCUT2D eigenvalue weighted by molar-refractivity contribution is 5.94. The van der Waals surface area contributed by atoms with Crippen molar-refractivity contribution in [3.63, 3.8) is 0 Å². The van der Waals surface area contributed by atoms with E-state index >= 15 is 0 Å². The van der Waals surface area contributed by atoms with Crippen LogP contribution in [0.3, 0.4) is 0 Å². The molecular formula is C19H20FNO3. The molecule has 0 spiro atoms. The minimum absolute atomic E-state index is 0.0119. The summed E-state index contributed by atoms with van der Waals surface area (Å²) in [5.74, 6) is -1.33. The van der Waals surface area contributed by atoms with Crippen molar-refractivity contribution in [1.29, 1.82) is 0 Å². The number of nitrogens with one attached hydrogen (secondary N) is 1. The molecule has 24 heavy (non-hydrogen) atoms. The molecular weight excluding hydrogens is 309 g/mol. The minimum atomic E-state index is -0.541. The normalized spacial score (nSPS) is 11.6. The maximum Gasteiger partial charge on any atom is 0.308 e. The van der Waals surface area contributed by atoms with Gasteiger partial charge in [0.2, 0.25) is 0 Å². The van der Waals surface area contributed by atoms with E-state index in [-0.39, 0.29) is 18.6 Å². The van der Waals surface area contributed by atoms with Crippen LogP contribution in [0.15, 0.2) is 48.5 Å². The van der Waals surface area contributed by atoms with Crippen LogP contribution in [-0.2, 0) is 9.53 Å². The first-order valence-electron chi connectivity index (χ1n) is 7.78. The van der Waals surface area contributed by atoms with Gasteiger partial charge in [-0.1, -0.05) is 35.9 Å². The van der Waals surface area contributed by atoms with Gasteiger partial charge in [-0.25, -0.2) is 4.39 Å². The molecule has 0 aliphatic rings. The van der Waals surface area contributed by atoms with Crippen LogP contribution in [0.5, 0.6) is 0 Å². The number of benzene rings is 2. The van der Waals surface area contributed by atoms with Gasteiger partial charge in [-0.2, -0.15) is 0 Å². The van der Waals surface area contributed by atoms with Crippen LogP contribution in [-0.4, -0.2) is 18.5 Å². The number of ether oxygens (including phenoxy) is 1. The van der Waals surface area contributed by atoms with E-state index < -0.39 is 23.7 Å². The standard InChI is InChI=1S/C19H20FNO3/c1-3-24-18(22)12-17(14-9-7-13(2)8-10-14)21-19(23)15-5-4-6-16(20)11-15/h4-11,17H,3,12H2,1-2H3,(H,21,23). The maximum absolute atomic E-state index is 13.3. The molecule has 2 aromatic carbocycles. The predicted octanol–water partition coefficient (Wildman–Crippen LogP) is 3.56. The monoisotopic (exact) mass is 329 g/mol. The van der Waals surface area contributed by atoms with Gasteiger partial charge in [-0.3, -0.25) is 9.59 Å². The molecule has 1 amide bonds. The summed E-state index contributed by atoms with van der Waals surface area (Å²) in [4.78, 5) is 24.2. The fourth-order valence-corrected chi connectivity index (χ4v) is 2.31. The third-order valence-electron chi connectivity index (χ3n) is 3.55. The fraction of sp³-hybridized carbons (Fsp3) is 0.263. The third-order valence-corrected chi connectivity index (χ3v) is 3.55. The Balaban J connectivity index is 2.20. The van der Waals surface area contributed by atoms with E-state index in [0.29, 0.717) is 0 Å². The minimum Gasteiger partial charge on any atom is -0.466 e.